The number of aromatic nitrogens is 3. The summed E-state index contributed by atoms with van der Waals surface area (Å²) < 4.78 is 26.9. The molecule has 8 nitrogen and oxygen atoms in total. The molecule has 2 aromatic heterocycles. The van der Waals surface area contributed by atoms with Crippen molar-refractivity contribution in [2.75, 3.05) is 16.8 Å². The van der Waals surface area contributed by atoms with Gasteiger partial charge in [0, 0.05) is 42.7 Å². The predicted octanol–water partition coefficient (Wildman–Crippen LogP) is 4.62. The molecule has 1 saturated carbocycles. The summed E-state index contributed by atoms with van der Waals surface area (Å²) >= 11 is 0. The van der Waals surface area contributed by atoms with Crippen molar-refractivity contribution in [1.82, 2.24) is 14.8 Å². The summed E-state index contributed by atoms with van der Waals surface area (Å²) in [5, 5.41) is 16.3. The molecule has 3 heterocycles. The zero-order valence-electron chi connectivity index (χ0n) is 18.9. The molecule has 0 unspecified atom stereocenters. The maximum absolute atomic E-state index is 13.3. The molecule has 35 heavy (non-hydrogen) atoms. The predicted molar refractivity (Wildman–Crippen MR) is 124 cm³/mol. The van der Waals surface area contributed by atoms with E-state index >= 15 is 0 Å². The van der Waals surface area contributed by atoms with Crippen molar-refractivity contribution in [3.63, 3.8) is 0 Å². The number of rotatable bonds is 6. The van der Waals surface area contributed by atoms with Gasteiger partial charge in [0.1, 0.15) is 5.41 Å². The summed E-state index contributed by atoms with van der Waals surface area (Å²) in [5.41, 5.74) is 1.98. The van der Waals surface area contributed by atoms with Crippen LogP contribution >= 0.6 is 0 Å². The summed E-state index contributed by atoms with van der Waals surface area (Å²) in [5.74, 6) is -0.404. The average molecular weight is 476 g/mol. The van der Waals surface area contributed by atoms with Gasteiger partial charge in [-0.1, -0.05) is 12.1 Å². The summed E-state index contributed by atoms with van der Waals surface area (Å²) in [6.45, 7) is -0.995. The van der Waals surface area contributed by atoms with E-state index < -0.39 is 12.0 Å². The van der Waals surface area contributed by atoms with Crippen molar-refractivity contribution in [2.24, 2.45) is 11.3 Å². The first-order valence-electron chi connectivity index (χ1n) is 11.3. The topological polar surface area (TPSA) is 104 Å². The second kappa shape index (κ2) is 8.58. The third-order valence-corrected chi connectivity index (χ3v) is 6.63. The van der Waals surface area contributed by atoms with Crippen molar-refractivity contribution < 1.29 is 18.4 Å². The summed E-state index contributed by atoms with van der Waals surface area (Å²) in [4.78, 5) is 31.3. The molecule has 10 heteroatoms. The molecule has 3 aromatic rings. The van der Waals surface area contributed by atoms with Gasteiger partial charge >= 0.3 is 6.55 Å². The molecule has 0 spiro atoms. The van der Waals surface area contributed by atoms with Gasteiger partial charge < -0.3 is 10.2 Å². The summed E-state index contributed by atoms with van der Waals surface area (Å²) in [6.07, 6.45) is 6.35. The van der Waals surface area contributed by atoms with Crippen LogP contribution in [0, 0.1) is 22.7 Å². The van der Waals surface area contributed by atoms with Gasteiger partial charge in [0.25, 0.3) is 0 Å². The summed E-state index contributed by atoms with van der Waals surface area (Å²) in [6, 6.07) is 10.8. The van der Waals surface area contributed by atoms with Gasteiger partial charge in [0.15, 0.2) is 0 Å². The van der Waals surface area contributed by atoms with E-state index in [0.29, 0.717) is 51.4 Å². The number of carbonyl (C=O) groups is 2. The molecule has 1 N–H and O–H groups in total. The largest absolute Gasteiger partial charge is 0.333 e. The van der Waals surface area contributed by atoms with Crippen LogP contribution in [0.2, 0.25) is 0 Å². The lowest BCUT2D eigenvalue weighted by atomic mass is 9.83. The highest BCUT2D eigenvalue weighted by molar-refractivity contribution is 6.03. The number of amides is 2. The van der Waals surface area contributed by atoms with Gasteiger partial charge in [0.05, 0.1) is 23.6 Å². The van der Waals surface area contributed by atoms with Crippen LogP contribution in [0.1, 0.15) is 32.7 Å². The van der Waals surface area contributed by atoms with Crippen LogP contribution in [0.3, 0.4) is 0 Å². The van der Waals surface area contributed by atoms with Gasteiger partial charge in [-0.15, -0.1) is 0 Å². The van der Waals surface area contributed by atoms with E-state index in [1.54, 1.807) is 41.4 Å². The number of nitrogens with one attached hydrogen (secondary N) is 1. The van der Waals surface area contributed by atoms with Gasteiger partial charge in [-0.3, -0.25) is 14.6 Å². The second-order valence-corrected chi connectivity index (χ2v) is 8.86. The highest BCUT2D eigenvalue weighted by Crippen LogP contribution is 2.52. The van der Waals surface area contributed by atoms with E-state index in [1.165, 1.54) is 19.3 Å². The van der Waals surface area contributed by atoms with Gasteiger partial charge in [-0.25, -0.2) is 4.68 Å². The Morgan fingerprint density at radius 3 is 2.77 bits per heavy atom. The number of nitriles is 1. The van der Waals surface area contributed by atoms with Crippen LogP contribution in [0.15, 0.2) is 48.9 Å². The van der Waals surface area contributed by atoms with E-state index in [1.807, 2.05) is 0 Å². The molecular formula is C25H22F2N6O2. The minimum absolute atomic E-state index is 0.102. The Balaban J connectivity index is 1.59. The Morgan fingerprint density at radius 2 is 2.11 bits per heavy atom. The van der Waals surface area contributed by atoms with Crippen LogP contribution < -0.4 is 10.2 Å². The van der Waals surface area contributed by atoms with Crippen LogP contribution in [-0.2, 0) is 9.59 Å². The van der Waals surface area contributed by atoms with E-state index in [0.717, 1.165) is 12.8 Å². The Hall–Kier alpha value is -4.13. The monoisotopic (exact) mass is 476 g/mol. The SMILES string of the molecule is CC(=O)Nc1cccc(-c2cnn(C(F)F)c2)c1-c1cc(N2CC[C@@](C#N)(C3CC3)C2=O)ccn1. The number of carbonyl (C=O) groups excluding carboxylic acids is 2. The fourth-order valence-electron chi connectivity index (χ4n) is 4.80. The van der Waals surface area contributed by atoms with Gasteiger partial charge in [-0.2, -0.15) is 19.1 Å². The zero-order valence-corrected chi connectivity index (χ0v) is 18.9. The van der Waals surface area contributed by atoms with Crippen molar-refractivity contribution >= 4 is 23.2 Å². The van der Waals surface area contributed by atoms with Crippen molar-refractivity contribution in [1.29, 1.82) is 5.26 Å². The number of hydrogen-bond donors (Lipinski definition) is 1. The number of pyridine rings is 1. The fraction of sp³-hybridized carbons (Fsp3) is 0.320. The standard InChI is InChI=1S/C25H22F2N6O2/c1-15(34)31-20-4-2-3-19(16-12-30-33(13-16)24(26)27)22(20)21-11-18(7-9-29-21)32-10-8-25(14-28,23(32)35)17-5-6-17/h2-4,7,9,11-13,17,24H,5-6,8,10H2,1H3,(H,31,34)/t25-/m1/s1. The number of hydrogen-bond acceptors (Lipinski definition) is 5. The van der Waals surface area contributed by atoms with Crippen molar-refractivity contribution in [2.45, 2.75) is 32.7 Å². The molecule has 2 amide bonds. The van der Waals surface area contributed by atoms with Gasteiger partial charge in [0.2, 0.25) is 11.8 Å². The zero-order chi connectivity index (χ0) is 24.7. The second-order valence-electron chi connectivity index (χ2n) is 8.86. The maximum atomic E-state index is 13.3. The number of anilines is 2. The molecule has 1 atom stereocenters. The highest BCUT2D eigenvalue weighted by Gasteiger charge is 2.56. The number of benzene rings is 1. The third-order valence-electron chi connectivity index (χ3n) is 6.63. The van der Waals surface area contributed by atoms with Crippen molar-refractivity contribution in [3.8, 4) is 28.5 Å². The Bertz CT molecular complexity index is 1360. The summed E-state index contributed by atoms with van der Waals surface area (Å²) in [7, 11) is 0. The van der Waals surface area contributed by atoms with E-state index in [9.17, 15) is 23.6 Å². The molecule has 1 aliphatic heterocycles. The lowest BCUT2D eigenvalue weighted by molar-refractivity contribution is -0.123. The maximum Gasteiger partial charge on any atom is 0.333 e. The third kappa shape index (κ3) is 3.93. The van der Waals surface area contributed by atoms with Crippen molar-refractivity contribution in [3.05, 3.63) is 48.9 Å². The van der Waals surface area contributed by atoms with Crippen LogP contribution in [0.5, 0.6) is 0 Å². The molecule has 5 rings (SSSR count). The molecule has 1 aromatic carbocycles. The smallest absolute Gasteiger partial charge is 0.326 e. The quantitative estimate of drug-likeness (QED) is 0.559. The molecule has 0 bridgehead atoms. The average Bonchev–Trinajstić information content (AvgIpc) is 3.46. The van der Waals surface area contributed by atoms with Crippen LogP contribution in [-0.4, -0.2) is 33.1 Å². The van der Waals surface area contributed by atoms with Crippen LogP contribution in [0.25, 0.3) is 22.4 Å². The van der Waals surface area contributed by atoms with E-state index in [2.05, 4.69) is 21.5 Å². The molecule has 2 fully saturated rings. The van der Waals surface area contributed by atoms with Gasteiger partial charge in [-0.05, 0) is 48.9 Å². The first kappa shape index (κ1) is 22.7. The molecule has 1 saturated heterocycles. The lowest BCUT2D eigenvalue weighted by Gasteiger charge is -2.22. The molecule has 178 valence electrons. The molecular weight excluding hydrogens is 454 g/mol. The van der Waals surface area contributed by atoms with E-state index in [4.69, 9.17) is 0 Å². The fourth-order valence-corrected chi connectivity index (χ4v) is 4.80. The minimum atomic E-state index is -2.79. The number of nitrogens with zero attached hydrogens (tertiary/aromatic N) is 5. The Morgan fingerprint density at radius 1 is 1.31 bits per heavy atom. The number of halogens is 2. The lowest BCUT2D eigenvalue weighted by Crippen LogP contribution is -2.35. The normalized spacial score (nSPS) is 19.7. The first-order valence-corrected chi connectivity index (χ1v) is 11.3. The molecule has 0 radical (unpaired) electrons. The minimum Gasteiger partial charge on any atom is -0.326 e. The Labute approximate surface area is 200 Å². The number of alkyl halides is 2. The van der Waals surface area contributed by atoms with Crippen LogP contribution in [0.4, 0.5) is 20.2 Å². The highest BCUT2D eigenvalue weighted by atomic mass is 19.3. The van der Waals surface area contributed by atoms with E-state index in [-0.39, 0.29) is 17.7 Å². The first-order chi connectivity index (χ1) is 16.8. The Kier molecular flexibility index (Phi) is 5.55. The molecule has 2 aliphatic rings. The molecule has 1 aliphatic carbocycles.